The lowest BCUT2D eigenvalue weighted by molar-refractivity contribution is 1.36. The van der Waals surface area contributed by atoms with E-state index in [1.165, 1.54) is 60.9 Å². The highest BCUT2D eigenvalue weighted by molar-refractivity contribution is 7.01. The summed E-state index contributed by atoms with van der Waals surface area (Å²) in [5, 5.41) is 0. The number of benzene rings is 5. The maximum absolute atomic E-state index is 2.65. The summed E-state index contributed by atoms with van der Waals surface area (Å²) in [6.07, 6.45) is 0. The van der Waals surface area contributed by atoms with Crippen LogP contribution in [0.15, 0.2) is 115 Å². The molecule has 3 aliphatic heterocycles. The summed E-state index contributed by atoms with van der Waals surface area (Å²) in [6, 6.07) is 42.8. The lowest BCUT2D eigenvalue weighted by atomic mass is 9.32. The van der Waals surface area contributed by atoms with E-state index >= 15 is 0 Å². The summed E-state index contributed by atoms with van der Waals surface area (Å²) in [5.74, 6) is 0. The Morgan fingerprint density at radius 1 is 0.394 bits per heavy atom. The van der Waals surface area contributed by atoms with Crippen LogP contribution in [0.4, 0.5) is 11.4 Å². The Hall–Kier alpha value is -3.97. The van der Waals surface area contributed by atoms with Gasteiger partial charge in [0.2, 0.25) is 6.71 Å². The standard InChI is InChI=1S/C30H19B2N/c1-2-10-20(11-3-1)31-27-18-8-14-23-21-12-4-6-16-25(21)32-26-17-7-5-13-22(26)24-15-9-19-28(31)30(24)33(32)29(23)27/h1-19H. The second-order valence-electron chi connectivity index (χ2n) is 9.28. The summed E-state index contributed by atoms with van der Waals surface area (Å²) in [6.45, 7) is 0.417. The van der Waals surface area contributed by atoms with E-state index in [0.717, 1.165) is 0 Å². The Labute approximate surface area is 194 Å². The average Bonchev–Trinajstić information content (AvgIpc) is 2.89. The Kier molecular flexibility index (Phi) is 3.35. The lowest BCUT2D eigenvalue weighted by Gasteiger charge is -2.49. The number of anilines is 2. The minimum atomic E-state index is 0.191. The molecular weight excluding hydrogens is 396 g/mol. The van der Waals surface area contributed by atoms with Crippen molar-refractivity contribution in [2.75, 3.05) is 4.81 Å². The van der Waals surface area contributed by atoms with Crippen molar-refractivity contribution in [1.29, 1.82) is 0 Å². The first-order valence-electron chi connectivity index (χ1n) is 11.7. The Bertz CT molecular complexity index is 1490. The first-order valence-corrected chi connectivity index (χ1v) is 11.7. The van der Waals surface area contributed by atoms with Gasteiger partial charge >= 0.3 is 6.85 Å². The van der Waals surface area contributed by atoms with Crippen LogP contribution in [0, 0.1) is 0 Å². The SMILES string of the molecule is c1ccc(B2c3cccc4c3N3B(c5ccccc5-4)c4ccccc4-c4cccc2c43)cc1. The molecular formula is C30H19B2N. The number of rotatable bonds is 1. The molecule has 0 spiro atoms. The van der Waals surface area contributed by atoms with Crippen LogP contribution in [0.5, 0.6) is 0 Å². The quantitative estimate of drug-likeness (QED) is 0.380. The summed E-state index contributed by atoms with van der Waals surface area (Å²) in [4.78, 5) is 2.65. The van der Waals surface area contributed by atoms with Crippen molar-refractivity contribution in [2.24, 2.45) is 0 Å². The van der Waals surface area contributed by atoms with E-state index in [0.29, 0.717) is 0 Å². The van der Waals surface area contributed by atoms with Crippen LogP contribution in [0.2, 0.25) is 0 Å². The fraction of sp³-hybridized carbons (Fsp3) is 0. The van der Waals surface area contributed by atoms with Crippen molar-refractivity contribution in [3.05, 3.63) is 115 Å². The largest absolute Gasteiger partial charge is 0.377 e. The molecule has 0 radical (unpaired) electrons. The van der Waals surface area contributed by atoms with Crippen molar-refractivity contribution in [3.8, 4) is 22.3 Å². The first kappa shape index (κ1) is 17.6. The molecule has 3 heteroatoms. The molecule has 0 atom stereocenters. The van der Waals surface area contributed by atoms with Gasteiger partial charge in [0, 0.05) is 22.5 Å². The molecule has 0 unspecified atom stereocenters. The van der Waals surface area contributed by atoms with Crippen LogP contribution < -0.4 is 32.1 Å². The van der Waals surface area contributed by atoms with Gasteiger partial charge in [-0.3, -0.25) is 0 Å². The Morgan fingerprint density at radius 2 is 0.848 bits per heavy atom. The second-order valence-corrected chi connectivity index (χ2v) is 9.28. The van der Waals surface area contributed by atoms with Crippen LogP contribution in [0.3, 0.4) is 0 Å². The van der Waals surface area contributed by atoms with Crippen LogP contribution >= 0.6 is 0 Å². The van der Waals surface area contributed by atoms with E-state index in [9.17, 15) is 0 Å². The molecule has 5 aromatic carbocycles. The zero-order valence-corrected chi connectivity index (χ0v) is 18.1. The van der Waals surface area contributed by atoms with Gasteiger partial charge in [0.15, 0.2) is 0 Å². The average molecular weight is 415 g/mol. The molecule has 1 nitrogen and oxygen atoms in total. The van der Waals surface area contributed by atoms with Crippen molar-refractivity contribution in [1.82, 2.24) is 0 Å². The number of fused-ring (bicyclic) bond motifs is 6. The summed E-state index contributed by atoms with van der Waals surface area (Å²) in [7, 11) is 0. The van der Waals surface area contributed by atoms with E-state index in [2.05, 4.69) is 120 Å². The molecule has 0 amide bonds. The van der Waals surface area contributed by atoms with Gasteiger partial charge in [0.05, 0.1) is 0 Å². The molecule has 3 heterocycles. The highest BCUT2D eigenvalue weighted by atomic mass is 15.1. The third-order valence-corrected chi connectivity index (χ3v) is 7.72. The summed E-state index contributed by atoms with van der Waals surface area (Å²) < 4.78 is 0. The van der Waals surface area contributed by atoms with Gasteiger partial charge in [0.1, 0.15) is 0 Å². The molecule has 8 rings (SSSR count). The molecule has 150 valence electrons. The number of para-hydroxylation sites is 2. The molecule has 0 aliphatic carbocycles. The predicted octanol–water partition coefficient (Wildman–Crippen LogP) is 3.42. The van der Waals surface area contributed by atoms with Crippen molar-refractivity contribution >= 4 is 52.2 Å². The van der Waals surface area contributed by atoms with Gasteiger partial charge in [0.25, 0.3) is 0 Å². The molecule has 0 aromatic heterocycles. The Morgan fingerprint density at radius 3 is 1.42 bits per heavy atom. The smallest absolute Gasteiger partial charge is 0.329 e. The van der Waals surface area contributed by atoms with Crippen molar-refractivity contribution in [3.63, 3.8) is 0 Å². The predicted molar refractivity (Wildman–Crippen MR) is 142 cm³/mol. The van der Waals surface area contributed by atoms with E-state index in [1.807, 2.05) is 0 Å². The van der Waals surface area contributed by atoms with Gasteiger partial charge in [-0.15, -0.1) is 0 Å². The topological polar surface area (TPSA) is 3.24 Å². The van der Waals surface area contributed by atoms with Crippen molar-refractivity contribution < 1.29 is 0 Å². The van der Waals surface area contributed by atoms with Crippen LogP contribution in [-0.4, -0.2) is 13.6 Å². The van der Waals surface area contributed by atoms with Gasteiger partial charge in [-0.1, -0.05) is 121 Å². The minimum absolute atomic E-state index is 0.191. The molecule has 0 fully saturated rings. The number of nitrogens with zero attached hydrogens (tertiary/aromatic N) is 1. The van der Waals surface area contributed by atoms with Gasteiger partial charge in [-0.25, -0.2) is 0 Å². The molecule has 5 aromatic rings. The highest BCUT2D eigenvalue weighted by Gasteiger charge is 2.48. The molecule has 3 aliphatic rings. The van der Waals surface area contributed by atoms with E-state index in [4.69, 9.17) is 0 Å². The third-order valence-electron chi connectivity index (χ3n) is 7.72. The van der Waals surface area contributed by atoms with Gasteiger partial charge in [-0.05, 0) is 33.0 Å². The molecule has 33 heavy (non-hydrogen) atoms. The first-order chi connectivity index (χ1) is 16.4. The number of hydrogen-bond acceptors (Lipinski definition) is 1. The Balaban J connectivity index is 1.58. The molecule has 0 bridgehead atoms. The third kappa shape index (κ3) is 2.15. The van der Waals surface area contributed by atoms with E-state index < -0.39 is 0 Å². The van der Waals surface area contributed by atoms with Gasteiger partial charge in [-0.2, -0.15) is 0 Å². The fourth-order valence-electron chi connectivity index (χ4n) is 6.51. The van der Waals surface area contributed by atoms with Crippen LogP contribution in [-0.2, 0) is 0 Å². The maximum atomic E-state index is 2.65. The van der Waals surface area contributed by atoms with E-state index in [-0.39, 0.29) is 13.6 Å². The van der Waals surface area contributed by atoms with Crippen LogP contribution in [0.1, 0.15) is 0 Å². The summed E-state index contributed by atoms with van der Waals surface area (Å²) in [5.41, 5.74) is 15.1. The zero-order chi connectivity index (χ0) is 21.5. The monoisotopic (exact) mass is 415 g/mol. The molecule has 0 saturated heterocycles. The summed E-state index contributed by atoms with van der Waals surface area (Å²) >= 11 is 0. The molecule has 0 N–H and O–H groups in total. The molecule has 0 saturated carbocycles. The zero-order valence-electron chi connectivity index (χ0n) is 18.1. The fourth-order valence-corrected chi connectivity index (χ4v) is 6.51. The minimum Gasteiger partial charge on any atom is -0.377 e. The lowest BCUT2D eigenvalue weighted by Crippen LogP contribution is -2.67. The normalized spacial score (nSPS) is 13.9. The maximum Gasteiger partial charge on any atom is 0.329 e. The highest BCUT2D eigenvalue weighted by Crippen LogP contribution is 2.46. The second kappa shape index (κ2) is 6.30. The number of hydrogen-bond donors (Lipinski definition) is 0. The van der Waals surface area contributed by atoms with E-state index in [1.54, 1.807) is 0 Å². The van der Waals surface area contributed by atoms with Crippen molar-refractivity contribution in [2.45, 2.75) is 0 Å². The van der Waals surface area contributed by atoms with Crippen LogP contribution in [0.25, 0.3) is 22.3 Å². The van der Waals surface area contributed by atoms with Gasteiger partial charge < -0.3 is 4.81 Å².